The molecule has 2 rings (SSSR count). The number of sulfonamides is 1. The molecule has 0 spiro atoms. The normalized spacial score (nSPS) is 11.2. The Morgan fingerprint density at radius 3 is 2.33 bits per heavy atom. The molecule has 128 valence electrons. The summed E-state index contributed by atoms with van der Waals surface area (Å²) in [5.74, 6) is -0.367. The van der Waals surface area contributed by atoms with Gasteiger partial charge in [-0.25, -0.2) is 8.42 Å². The molecule has 2 aromatic rings. The van der Waals surface area contributed by atoms with Crippen LogP contribution in [-0.4, -0.2) is 20.6 Å². The maximum Gasteiger partial charge on any atom is 0.251 e. The molecule has 0 atom stereocenters. The third-order valence-corrected chi connectivity index (χ3v) is 4.47. The van der Waals surface area contributed by atoms with Gasteiger partial charge in [0.1, 0.15) is 0 Å². The number of anilines is 1. The lowest BCUT2D eigenvalue weighted by Gasteiger charge is -2.10. The molecule has 0 aliphatic carbocycles. The van der Waals surface area contributed by atoms with Gasteiger partial charge in [0, 0.05) is 22.2 Å². The minimum atomic E-state index is -3.45. The van der Waals surface area contributed by atoms with E-state index in [1.165, 1.54) is 18.2 Å². The van der Waals surface area contributed by atoms with Gasteiger partial charge in [0.2, 0.25) is 10.0 Å². The highest BCUT2D eigenvalue weighted by Crippen LogP contribution is 2.24. The number of carbonyl (C=O) groups excluding carboxylic acids is 1. The van der Waals surface area contributed by atoms with E-state index in [1.807, 2.05) is 0 Å². The molecule has 0 aliphatic heterocycles. The Kier molecular flexibility index (Phi) is 5.98. The monoisotopic (exact) mass is 406 g/mol. The molecular weight excluding hydrogens is 395 g/mol. The maximum atomic E-state index is 12.2. The summed E-state index contributed by atoms with van der Waals surface area (Å²) in [6.07, 6.45) is 1.01. The van der Waals surface area contributed by atoms with E-state index >= 15 is 0 Å². The average Bonchev–Trinajstić information content (AvgIpc) is 2.47. The van der Waals surface area contributed by atoms with Gasteiger partial charge in [-0.2, -0.15) is 0 Å². The fraction of sp³-hybridized carbons (Fsp3) is 0.133. The van der Waals surface area contributed by atoms with E-state index in [2.05, 4.69) is 10.0 Å². The van der Waals surface area contributed by atoms with Gasteiger partial charge < -0.3 is 5.32 Å². The second-order valence-corrected chi connectivity index (χ2v) is 7.99. The summed E-state index contributed by atoms with van der Waals surface area (Å²) in [6.45, 7) is 0.218. The van der Waals surface area contributed by atoms with E-state index in [0.29, 0.717) is 15.6 Å². The number of halogens is 3. The lowest BCUT2D eigenvalue weighted by atomic mass is 10.1. The van der Waals surface area contributed by atoms with Gasteiger partial charge in [0.15, 0.2) is 0 Å². The molecule has 2 aromatic carbocycles. The van der Waals surface area contributed by atoms with Gasteiger partial charge in [0.25, 0.3) is 5.91 Å². The molecule has 0 fully saturated rings. The van der Waals surface area contributed by atoms with Crippen molar-refractivity contribution in [1.29, 1.82) is 0 Å². The van der Waals surface area contributed by atoms with Crippen molar-refractivity contribution in [2.75, 3.05) is 11.0 Å². The van der Waals surface area contributed by atoms with Crippen molar-refractivity contribution in [1.82, 2.24) is 5.32 Å². The third-order valence-electron chi connectivity index (χ3n) is 2.98. The maximum absolute atomic E-state index is 12.2. The van der Waals surface area contributed by atoms with Gasteiger partial charge in [-0.05, 0) is 35.9 Å². The molecule has 0 aromatic heterocycles. The lowest BCUT2D eigenvalue weighted by Crippen LogP contribution is -2.23. The molecule has 0 unspecified atom stereocenters. The van der Waals surface area contributed by atoms with Crippen LogP contribution in [0.2, 0.25) is 15.1 Å². The quantitative estimate of drug-likeness (QED) is 0.788. The minimum Gasteiger partial charge on any atom is -0.348 e. The molecule has 2 N–H and O–H groups in total. The van der Waals surface area contributed by atoms with E-state index < -0.39 is 10.0 Å². The Labute approximate surface area is 155 Å². The smallest absolute Gasteiger partial charge is 0.251 e. The van der Waals surface area contributed by atoms with Crippen molar-refractivity contribution in [3.63, 3.8) is 0 Å². The Morgan fingerprint density at radius 1 is 1.04 bits per heavy atom. The van der Waals surface area contributed by atoms with Crippen molar-refractivity contribution in [3.05, 3.63) is 62.6 Å². The molecule has 5 nitrogen and oxygen atoms in total. The molecule has 0 saturated heterocycles. The highest BCUT2D eigenvalue weighted by Gasteiger charge is 2.11. The van der Waals surface area contributed by atoms with Crippen LogP contribution in [0.3, 0.4) is 0 Å². The van der Waals surface area contributed by atoms with Crippen LogP contribution in [0.5, 0.6) is 0 Å². The summed E-state index contributed by atoms with van der Waals surface area (Å²) in [5.41, 5.74) is 1.22. The summed E-state index contributed by atoms with van der Waals surface area (Å²) in [5, 5.41) is 3.79. The molecule has 0 saturated carbocycles. The Hall–Kier alpha value is -1.47. The van der Waals surface area contributed by atoms with Gasteiger partial charge >= 0.3 is 0 Å². The SMILES string of the molecule is CS(=O)(=O)Nc1ccc(C(=O)NCc2ccc(Cl)cc2Cl)cc1Cl. The Balaban J connectivity index is 2.08. The first kappa shape index (κ1) is 18.9. The summed E-state index contributed by atoms with van der Waals surface area (Å²) in [7, 11) is -3.45. The molecule has 0 radical (unpaired) electrons. The van der Waals surface area contributed by atoms with Crippen molar-refractivity contribution in [2.45, 2.75) is 6.54 Å². The summed E-state index contributed by atoms with van der Waals surface area (Å²) >= 11 is 17.9. The van der Waals surface area contributed by atoms with Crippen LogP contribution < -0.4 is 10.0 Å². The standard InChI is InChI=1S/C15H13Cl3N2O3S/c1-24(22,23)20-14-5-3-9(6-13(14)18)15(21)19-8-10-2-4-11(16)7-12(10)17/h2-7,20H,8H2,1H3,(H,19,21). The van der Waals surface area contributed by atoms with Gasteiger partial charge in [0.05, 0.1) is 17.0 Å². The number of hydrogen-bond donors (Lipinski definition) is 2. The zero-order valence-electron chi connectivity index (χ0n) is 12.4. The molecule has 0 heterocycles. The first-order chi connectivity index (χ1) is 11.2. The second kappa shape index (κ2) is 7.61. The summed E-state index contributed by atoms with van der Waals surface area (Å²) in [4.78, 5) is 12.2. The molecule has 1 amide bonds. The average molecular weight is 408 g/mol. The molecular formula is C15H13Cl3N2O3S. The first-order valence-corrected chi connectivity index (χ1v) is 9.68. The predicted molar refractivity (Wildman–Crippen MR) is 97.6 cm³/mol. The second-order valence-electron chi connectivity index (χ2n) is 4.99. The predicted octanol–water partition coefficient (Wildman–Crippen LogP) is 3.95. The van der Waals surface area contributed by atoms with E-state index in [9.17, 15) is 13.2 Å². The Morgan fingerprint density at radius 2 is 1.75 bits per heavy atom. The first-order valence-electron chi connectivity index (χ1n) is 6.65. The zero-order chi connectivity index (χ0) is 17.9. The van der Waals surface area contributed by atoms with Crippen LogP contribution in [0.1, 0.15) is 15.9 Å². The van der Waals surface area contributed by atoms with E-state index in [1.54, 1.807) is 18.2 Å². The van der Waals surface area contributed by atoms with Crippen LogP contribution >= 0.6 is 34.8 Å². The number of carbonyl (C=O) groups is 1. The van der Waals surface area contributed by atoms with Gasteiger partial charge in [-0.15, -0.1) is 0 Å². The van der Waals surface area contributed by atoms with E-state index in [4.69, 9.17) is 34.8 Å². The van der Waals surface area contributed by atoms with E-state index in [0.717, 1.165) is 11.8 Å². The fourth-order valence-corrected chi connectivity index (χ4v) is 3.22. The van der Waals surface area contributed by atoms with Crippen LogP contribution in [0.15, 0.2) is 36.4 Å². The number of hydrogen-bond acceptors (Lipinski definition) is 3. The van der Waals surface area contributed by atoms with Crippen molar-refractivity contribution in [3.8, 4) is 0 Å². The van der Waals surface area contributed by atoms with Crippen molar-refractivity contribution in [2.24, 2.45) is 0 Å². The highest BCUT2D eigenvalue weighted by atomic mass is 35.5. The molecule has 0 bridgehead atoms. The summed E-state index contributed by atoms with van der Waals surface area (Å²) in [6, 6.07) is 9.27. The molecule has 24 heavy (non-hydrogen) atoms. The fourth-order valence-electron chi connectivity index (χ4n) is 1.88. The number of nitrogens with one attached hydrogen (secondary N) is 2. The topological polar surface area (TPSA) is 75.3 Å². The van der Waals surface area contributed by atoms with Gasteiger partial charge in [-0.3, -0.25) is 9.52 Å². The number of amides is 1. The molecule has 9 heteroatoms. The lowest BCUT2D eigenvalue weighted by molar-refractivity contribution is 0.0951. The largest absolute Gasteiger partial charge is 0.348 e. The van der Waals surface area contributed by atoms with Crippen molar-refractivity contribution < 1.29 is 13.2 Å². The summed E-state index contributed by atoms with van der Waals surface area (Å²) < 4.78 is 24.7. The van der Waals surface area contributed by atoms with Crippen LogP contribution in [-0.2, 0) is 16.6 Å². The third kappa shape index (κ3) is 5.27. The van der Waals surface area contributed by atoms with Gasteiger partial charge in [-0.1, -0.05) is 40.9 Å². The minimum absolute atomic E-state index is 0.123. The van der Waals surface area contributed by atoms with Crippen LogP contribution in [0, 0.1) is 0 Å². The van der Waals surface area contributed by atoms with Crippen LogP contribution in [0.25, 0.3) is 0 Å². The molecule has 0 aliphatic rings. The zero-order valence-corrected chi connectivity index (χ0v) is 15.5. The van der Waals surface area contributed by atoms with Crippen LogP contribution in [0.4, 0.5) is 5.69 Å². The Bertz CT molecular complexity index is 886. The number of rotatable bonds is 5. The highest BCUT2D eigenvalue weighted by molar-refractivity contribution is 7.92. The van der Waals surface area contributed by atoms with E-state index in [-0.39, 0.29) is 23.2 Å². The number of benzene rings is 2. The van der Waals surface area contributed by atoms with Crippen molar-refractivity contribution >= 4 is 56.4 Å².